The van der Waals surface area contributed by atoms with E-state index in [4.69, 9.17) is 9.47 Å². The van der Waals surface area contributed by atoms with Crippen LogP contribution >= 0.6 is 0 Å². The zero-order chi connectivity index (χ0) is 19.1. The summed E-state index contributed by atoms with van der Waals surface area (Å²) in [7, 11) is 3.31. The molecule has 0 spiro atoms. The van der Waals surface area contributed by atoms with Crippen molar-refractivity contribution >= 4 is 11.6 Å². The van der Waals surface area contributed by atoms with Gasteiger partial charge in [-0.3, -0.25) is 9.69 Å². The Morgan fingerprint density at radius 3 is 2.22 bits per heavy atom. The van der Waals surface area contributed by atoms with Crippen molar-refractivity contribution in [2.45, 2.75) is 31.7 Å². The van der Waals surface area contributed by atoms with Gasteiger partial charge in [-0.05, 0) is 61.3 Å². The maximum atomic E-state index is 12.6. The van der Waals surface area contributed by atoms with Gasteiger partial charge in [0.05, 0.1) is 20.8 Å². The molecular formula is C22H28N2O3. The minimum absolute atomic E-state index is 0.0144. The molecule has 1 N–H and O–H groups in total. The number of rotatable bonds is 6. The highest BCUT2D eigenvalue weighted by atomic mass is 16.5. The Morgan fingerprint density at radius 2 is 1.59 bits per heavy atom. The molecule has 0 aliphatic carbocycles. The first-order valence-electron chi connectivity index (χ1n) is 9.51. The molecule has 1 saturated heterocycles. The highest BCUT2D eigenvalue weighted by molar-refractivity contribution is 5.92. The Kier molecular flexibility index (Phi) is 6.71. The van der Waals surface area contributed by atoms with Gasteiger partial charge in [-0.2, -0.15) is 0 Å². The molecule has 0 bridgehead atoms. The van der Waals surface area contributed by atoms with Crippen LogP contribution in [0.4, 0.5) is 5.69 Å². The standard InChI is InChI=1S/C22H28N2O3/c1-26-19-11-7-17(8-12-19)21-6-4-3-5-15-24(21)16-22(25)23-18-9-13-20(27-2)14-10-18/h7-14,21H,3-6,15-16H2,1-2H3,(H,23,25)/t21-/m1/s1. The zero-order valence-corrected chi connectivity index (χ0v) is 16.1. The SMILES string of the molecule is COc1ccc(NC(=O)CN2CCCCC[C@@H]2c2ccc(OC)cc2)cc1. The van der Waals surface area contributed by atoms with E-state index in [0.717, 1.165) is 36.6 Å². The maximum Gasteiger partial charge on any atom is 0.238 e. The van der Waals surface area contributed by atoms with Gasteiger partial charge < -0.3 is 14.8 Å². The summed E-state index contributed by atoms with van der Waals surface area (Å²) < 4.78 is 10.4. The lowest BCUT2D eigenvalue weighted by Gasteiger charge is -2.29. The molecule has 0 aromatic heterocycles. The van der Waals surface area contributed by atoms with E-state index >= 15 is 0 Å². The predicted molar refractivity (Wildman–Crippen MR) is 107 cm³/mol. The lowest BCUT2D eigenvalue weighted by Crippen LogP contribution is -2.36. The molecule has 5 heteroatoms. The quantitative estimate of drug-likeness (QED) is 0.828. The van der Waals surface area contributed by atoms with Crippen molar-refractivity contribution in [1.29, 1.82) is 0 Å². The fourth-order valence-corrected chi connectivity index (χ4v) is 3.62. The summed E-state index contributed by atoms with van der Waals surface area (Å²) in [6.07, 6.45) is 4.60. The van der Waals surface area contributed by atoms with Crippen molar-refractivity contribution in [2.75, 3.05) is 32.6 Å². The van der Waals surface area contributed by atoms with E-state index in [9.17, 15) is 4.79 Å². The summed E-state index contributed by atoms with van der Waals surface area (Å²) >= 11 is 0. The minimum Gasteiger partial charge on any atom is -0.497 e. The van der Waals surface area contributed by atoms with Crippen LogP contribution in [-0.2, 0) is 4.79 Å². The molecule has 0 radical (unpaired) electrons. The lowest BCUT2D eigenvalue weighted by molar-refractivity contribution is -0.117. The molecule has 5 nitrogen and oxygen atoms in total. The molecular weight excluding hydrogens is 340 g/mol. The molecule has 27 heavy (non-hydrogen) atoms. The van der Waals surface area contributed by atoms with E-state index in [0.29, 0.717) is 6.54 Å². The van der Waals surface area contributed by atoms with Crippen molar-refractivity contribution in [3.8, 4) is 11.5 Å². The Hall–Kier alpha value is -2.53. The lowest BCUT2D eigenvalue weighted by atomic mass is 10.0. The van der Waals surface area contributed by atoms with Gasteiger partial charge in [-0.25, -0.2) is 0 Å². The third-order valence-electron chi connectivity index (χ3n) is 5.08. The second-order valence-electron chi connectivity index (χ2n) is 6.89. The number of ether oxygens (including phenoxy) is 2. The average Bonchev–Trinajstić information content (AvgIpc) is 2.94. The third kappa shape index (κ3) is 5.23. The fourth-order valence-electron chi connectivity index (χ4n) is 3.62. The number of carbonyl (C=O) groups is 1. The molecule has 1 aliphatic rings. The van der Waals surface area contributed by atoms with Crippen LogP contribution in [-0.4, -0.2) is 38.1 Å². The van der Waals surface area contributed by atoms with Crippen molar-refractivity contribution < 1.29 is 14.3 Å². The Labute approximate surface area is 161 Å². The van der Waals surface area contributed by atoms with Gasteiger partial charge in [0.2, 0.25) is 5.91 Å². The number of carbonyl (C=O) groups excluding carboxylic acids is 1. The van der Waals surface area contributed by atoms with Crippen molar-refractivity contribution in [3.63, 3.8) is 0 Å². The second-order valence-corrected chi connectivity index (χ2v) is 6.89. The first-order chi connectivity index (χ1) is 13.2. The summed E-state index contributed by atoms with van der Waals surface area (Å²) in [5, 5.41) is 3.00. The van der Waals surface area contributed by atoms with E-state index in [1.54, 1.807) is 14.2 Å². The molecule has 3 rings (SSSR count). The highest BCUT2D eigenvalue weighted by Gasteiger charge is 2.24. The van der Waals surface area contributed by atoms with Gasteiger partial charge in [-0.1, -0.05) is 25.0 Å². The number of hydrogen-bond donors (Lipinski definition) is 1. The molecule has 1 heterocycles. The van der Waals surface area contributed by atoms with E-state index in [2.05, 4.69) is 22.3 Å². The van der Waals surface area contributed by atoms with E-state index in [1.807, 2.05) is 36.4 Å². The number of nitrogens with one attached hydrogen (secondary N) is 1. The van der Waals surface area contributed by atoms with Gasteiger partial charge in [0.15, 0.2) is 0 Å². The molecule has 1 fully saturated rings. The van der Waals surface area contributed by atoms with Gasteiger partial charge in [0, 0.05) is 11.7 Å². The molecule has 144 valence electrons. The molecule has 1 atom stereocenters. The van der Waals surface area contributed by atoms with Crippen LogP contribution in [0.15, 0.2) is 48.5 Å². The number of nitrogens with zero attached hydrogens (tertiary/aromatic N) is 1. The van der Waals surface area contributed by atoms with E-state index in [-0.39, 0.29) is 11.9 Å². The summed E-state index contributed by atoms with van der Waals surface area (Å²) in [4.78, 5) is 14.9. The number of anilines is 1. The largest absolute Gasteiger partial charge is 0.497 e. The van der Waals surface area contributed by atoms with Gasteiger partial charge in [0.1, 0.15) is 11.5 Å². The molecule has 0 saturated carbocycles. The van der Waals surface area contributed by atoms with Gasteiger partial charge in [0.25, 0.3) is 0 Å². The summed E-state index contributed by atoms with van der Waals surface area (Å²) in [5.74, 6) is 1.65. The van der Waals surface area contributed by atoms with Gasteiger partial charge in [-0.15, -0.1) is 0 Å². The van der Waals surface area contributed by atoms with Crippen LogP contribution in [0.5, 0.6) is 11.5 Å². The van der Waals surface area contributed by atoms with Crippen molar-refractivity contribution in [3.05, 3.63) is 54.1 Å². The normalized spacial score (nSPS) is 17.8. The number of benzene rings is 2. The van der Waals surface area contributed by atoms with Crippen molar-refractivity contribution in [2.24, 2.45) is 0 Å². The molecule has 0 unspecified atom stereocenters. The summed E-state index contributed by atoms with van der Waals surface area (Å²) in [5.41, 5.74) is 2.03. The van der Waals surface area contributed by atoms with E-state index in [1.165, 1.54) is 18.4 Å². The predicted octanol–water partition coefficient (Wildman–Crippen LogP) is 4.26. The summed E-state index contributed by atoms with van der Waals surface area (Å²) in [6, 6.07) is 15.9. The topological polar surface area (TPSA) is 50.8 Å². The summed E-state index contributed by atoms with van der Waals surface area (Å²) in [6.45, 7) is 1.33. The Balaban J connectivity index is 1.67. The number of likely N-dealkylation sites (tertiary alicyclic amines) is 1. The van der Waals surface area contributed by atoms with Crippen LogP contribution in [0.3, 0.4) is 0 Å². The smallest absolute Gasteiger partial charge is 0.238 e. The highest BCUT2D eigenvalue weighted by Crippen LogP contribution is 2.31. The molecule has 1 amide bonds. The fraction of sp³-hybridized carbons (Fsp3) is 0.409. The van der Waals surface area contributed by atoms with Crippen LogP contribution in [0.2, 0.25) is 0 Å². The molecule has 1 aliphatic heterocycles. The maximum absolute atomic E-state index is 12.6. The Bertz CT molecular complexity index is 728. The third-order valence-corrected chi connectivity index (χ3v) is 5.08. The van der Waals surface area contributed by atoms with Gasteiger partial charge >= 0.3 is 0 Å². The molecule has 2 aromatic rings. The molecule has 2 aromatic carbocycles. The van der Waals surface area contributed by atoms with Crippen LogP contribution in [0.1, 0.15) is 37.3 Å². The zero-order valence-electron chi connectivity index (χ0n) is 16.1. The first kappa shape index (κ1) is 19.2. The Morgan fingerprint density at radius 1 is 0.963 bits per heavy atom. The second kappa shape index (κ2) is 9.42. The number of hydrogen-bond acceptors (Lipinski definition) is 4. The van der Waals surface area contributed by atoms with Crippen molar-refractivity contribution in [1.82, 2.24) is 4.90 Å². The van der Waals surface area contributed by atoms with Crippen LogP contribution < -0.4 is 14.8 Å². The average molecular weight is 368 g/mol. The minimum atomic E-state index is 0.0144. The first-order valence-corrected chi connectivity index (χ1v) is 9.51. The van der Waals surface area contributed by atoms with Crippen LogP contribution in [0.25, 0.3) is 0 Å². The number of methoxy groups -OCH3 is 2. The monoisotopic (exact) mass is 368 g/mol. The number of amides is 1. The van der Waals surface area contributed by atoms with Crippen LogP contribution in [0, 0.1) is 0 Å². The van der Waals surface area contributed by atoms with E-state index < -0.39 is 0 Å².